The number of benzene rings is 1. The van der Waals surface area contributed by atoms with Gasteiger partial charge in [0.2, 0.25) is 0 Å². The summed E-state index contributed by atoms with van der Waals surface area (Å²) < 4.78 is 13.3. The number of ketones is 1. The SMILES string of the molecule is C=CC(=O)c1cc(Br)cc(F)c1O. The number of phenolic OH excluding ortho intramolecular Hbond substituents is 1. The molecule has 0 unspecified atom stereocenters. The van der Waals surface area contributed by atoms with Crippen molar-refractivity contribution in [3.05, 3.63) is 40.6 Å². The van der Waals surface area contributed by atoms with Crippen LogP contribution in [0.15, 0.2) is 29.3 Å². The summed E-state index contributed by atoms with van der Waals surface area (Å²) in [4.78, 5) is 11.1. The van der Waals surface area contributed by atoms with Crippen molar-refractivity contribution in [1.29, 1.82) is 0 Å². The normalized spacial score (nSPS) is 9.69. The second-order valence-corrected chi connectivity index (χ2v) is 3.27. The van der Waals surface area contributed by atoms with Gasteiger partial charge in [-0.2, -0.15) is 0 Å². The molecule has 0 amide bonds. The van der Waals surface area contributed by atoms with E-state index in [0.29, 0.717) is 4.47 Å². The quantitative estimate of drug-likeness (QED) is 0.642. The van der Waals surface area contributed by atoms with Crippen molar-refractivity contribution in [2.75, 3.05) is 0 Å². The summed E-state index contributed by atoms with van der Waals surface area (Å²) in [5.74, 6) is -2.00. The summed E-state index contributed by atoms with van der Waals surface area (Å²) in [5, 5.41) is 9.16. The maximum Gasteiger partial charge on any atom is 0.189 e. The standard InChI is InChI=1S/C9H6BrFO2/c1-2-8(12)6-3-5(10)4-7(11)9(6)13/h2-4,13H,1H2. The number of phenols is 1. The molecule has 1 N–H and O–H groups in total. The molecule has 0 radical (unpaired) electrons. The van der Waals surface area contributed by atoms with Crippen molar-refractivity contribution in [1.82, 2.24) is 0 Å². The third kappa shape index (κ3) is 1.95. The van der Waals surface area contributed by atoms with Gasteiger partial charge in [-0.15, -0.1) is 0 Å². The molecule has 1 aromatic rings. The number of carbonyl (C=O) groups excluding carboxylic acids is 1. The van der Waals surface area contributed by atoms with E-state index in [1.165, 1.54) is 6.07 Å². The van der Waals surface area contributed by atoms with Gasteiger partial charge in [0.15, 0.2) is 17.3 Å². The number of aromatic hydroxyl groups is 1. The van der Waals surface area contributed by atoms with E-state index in [-0.39, 0.29) is 5.56 Å². The van der Waals surface area contributed by atoms with Crippen LogP contribution in [0, 0.1) is 5.82 Å². The molecule has 0 saturated heterocycles. The highest BCUT2D eigenvalue weighted by Gasteiger charge is 2.13. The van der Waals surface area contributed by atoms with Crippen LogP contribution in [0.4, 0.5) is 4.39 Å². The summed E-state index contributed by atoms with van der Waals surface area (Å²) in [5.41, 5.74) is -0.0955. The Morgan fingerprint density at radius 2 is 2.23 bits per heavy atom. The van der Waals surface area contributed by atoms with Crippen LogP contribution in [0.3, 0.4) is 0 Å². The van der Waals surface area contributed by atoms with Gasteiger partial charge in [-0.25, -0.2) is 4.39 Å². The van der Waals surface area contributed by atoms with E-state index in [1.807, 2.05) is 0 Å². The molecule has 1 rings (SSSR count). The Balaban J connectivity index is 3.36. The highest BCUT2D eigenvalue weighted by molar-refractivity contribution is 9.10. The van der Waals surface area contributed by atoms with Crippen LogP contribution in [-0.2, 0) is 0 Å². The van der Waals surface area contributed by atoms with E-state index in [2.05, 4.69) is 22.5 Å². The monoisotopic (exact) mass is 244 g/mol. The maximum atomic E-state index is 12.9. The molecule has 0 aliphatic carbocycles. The minimum Gasteiger partial charge on any atom is -0.504 e. The summed E-state index contributed by atoms with van der Waals surface area (Å²) in [6.07, 6.45) is 1.01. The number of hydrogen-bond donors (Lipinski definition) is 1. The first-order valence-electron chi connectivity index (χ1n) is 3.41. The molecule has 0 heterocycles. The van der Waals surface area contributed by atoms with Gasteiger partial charge < -0.3 is 5.11 Å². The van der Waals surface area contributed by atoms with E-state index < -0.39 is 17.3 Å². The zero-order valence-electron chi connectivity index (χ0n) is 6.55. The summed E-state index contributed by atoms with van der Waals surface area (Å²) in [6.45, 7) is 3.24. The lowest BCUT2D eigenvalue weighted by Crippen LogP contribution is -1.96. The lowest BCUT2D eigenvalue weighted by Gasteiger charge is -2.02. The van der Waals surface area contributed by atoms with Crippen LogP contribution in [0.2, 0.25) is 0 Å². The highest BCUT2D eigenvalue weighted by Crippen LogP contribution is 2.26. The fourth-order valence-corrected chi connectivity index (χ4v) is 1.29. The average Bonchev–Trinajstić information content (AvgIpc) is 2.10. The fourth-order valence-electron chi connectivity index (χ4n) is 0.864. The average molecular weight is 245 g/mol. The van der Waals surface area contributed by atoms with Crippen molar-refractivity contribution in [2.24, 2.45) is 0 Å². The Bertz CT molecular complexity index is 374. The lowest BCUT2D eigenvalue weighted by atomic mass is 10.1. The van der Waals surface area contributed by atoms with E-state index in [1.54, 1.807) is 0 Å². The zero-order valence-corrected chi connectivity index (χ0v) is 8.14. The van der Waals surface area contributed by atoms with Crippen molar-refractivity contribution < 1.29 is 14.3 Å². The first-order chi connectivity index (χ1) is 6.06. The Hall–Kier alpha value is -1.16. The van der Waals surface area contributed by atoms with E-state index in [9.17, 15) is 9.18 Å². The minimum atomic E-state index is -0.834. The van der Waals surface area contributed by atoms with Gasteiger partial charge in [-0.1, -0.05) is 22.5 Å². The van der Waals surface area contributed by atoms with Gasteiger partial charge in [0.1, 0.15) is 0 Å². The summed E-state index contributed by atoms with van der Waals surface area (Å²) >= 11 is 3.01. The molecule has 0 fully saturated rings. The molecule has 0 atom stereocenters. The molecule has 0 spiro atoms. The number of hydrogen-bond acceptors (Lipinski definition) is 2. The first-order valence-corrected chi connectivity index (χ1v) is 4.20. The fraction of sp³-hybridized carbons (Fsp3) is 0. The molecule has 0 bridgehead atoms. The summed E-state index contributed by atoms with van der Waals surface area (Å²) in [6, 6.07) is 2.41. The Morgan fingerprint density at radius 1 is 1.62 bits per heavy atom. The molecule has 4 heteroatoms. The molecule has 13 heavy (non-hydrogen) atoms. The summed E-state index contributed by atoms with van der Waals surface area (Å²) in [7, 11) is 0. The Labute approximate surface area is 82.8 Å². The molecule has 2 nitrogen and oxygen atoms in total. The predicted molar refractivity (Wildman–Crippen MR) is 50.3 cm³/mol. The third-order valence-electron chi connectivity index (χ3n) is 1.48. The largest absolute Gasteiger partial charge is 0.504 e. The van der Waals surface area contributed by atoms with E-state index in [4.69, 9.17) is 5.11 Å². The second-order valence-electron chi connectivity index (χ2n) is 2.35. The Kier molecular flexibility index (Phi) is 2.83. The van der Waals surface area contributed by atoms with E-state index in [0.717, 1.165) is 12.1 Å². The predicted octanol–water partition coefficient (Wildman–Crippen LogP) is 2.66. The highest BCUT2D eigenvalue weighted by atomic mass is 79.9. The van der Waals surface area contributed by atoms with Gasteiger partial charge in [-0.05, 0) is 18.2 Å². The van der Waals surface area contributed by atoms with Crippen molar-refractivity contribution in [3.63, 3.8) is 0 Å². The smallest absolute Gasteiger partial charge is 0.189 e. The second kappa shape index (κ2) is 3.70. The van der Waals surface area contributed by atoms with Gasteiger partial charge >= 0.3 is 0 Å². The van der Waals surface area contributed by atoms with Crippen molar-refractivity contribution in [2.45, 2.75) is 0 Å². The van der Waals surface area contributed by atoms with Crippen LogP contribution in [0.25, 0.3) is 0 Å². The molecule has 0 saturated carbocycles. The number of rotatable bonds is 2. The third-order valence-corrected chi connectivity index (χ3v) is 1.94. The molecular formula is C9H6BrFO2. The van der Waals surface area contributed by atoms with Gasteiger partial charge in [0.05, 0.1) is 5.56 Å². The Morgan fingerprint density at radius 3 is 2.77 bits per heavy atom. The topological polar surface area (TPSA) is 37.3 Å². The molecule has 68 valence electrons. The zero-order chi connectivity index (χ0) is 10.0. The maximum absolute atomic E-state index is 12.9. The molecule has 0 aliphatic heterocycles. The van der Waals surface area contributed by atoms with Crippen LogP contribution < -0.4 is 0 Å². The van der Waals surface area contributed by atoms with Crippen LogP contribution in [0.5, 0.6) is 5.75 Å². The van der Waals surface area contributed by atoms with Gasteiger partial charge in [0.25, 0.3) is 0 Å². The number of halogens is 2. The van der Waals surface area contributed by atoms with Crippen molar-refractivity contribution >= 4 is 21.7 Å². The number of allylic oxidation sites excluding steroid dienone is 1. The van der Waals surface area contributed by atoms with Crippen LogP contribution in [0.1, 0.15) is 10.4 Å². The van der Waals surface area contributed by atoms with Crippen molar-refractivity contribution in [3.8, 4) is 5.75 Å². The van der Waals surface area contributed by atoms with Crippen LogP contribution in [-0.4, -0.2) is 10.9 Å². The molecule has 0 aromatic heterocycles. The number of carbonyl (C=O) groups is 1. The lowest BCUT2D eigenvalue weighted by molar-refractivity contribution is 0.104. The van der Waals surface area contributed by atoms with Gasteiger partial charge in [0, 0.05) is 4.47 Å². The molecule has 0 aliphatic rings. The first kappa shape index (κ1) is 9.92. The van der Waals surface area contributed by atoms with Gasteiger partial charge in [-0.3, -0.25) is 4.79 Å². The molecule has 1 aromatic carbocycles. The van der Waals surface area contributed by atoms with E-state index >= 15 is 0 Å². The minimum absolute atomic E-state index is 0.0955. The van der Waals surface area contributed by atoms with Crippen LogP contribution >= 0.6 is 15.9 Å². The molecular weight excluding hydrogens is 239 g/mol.